The fraction of sp³-hybridized carbons (Fsp3) is 0.375. The number of fused-ring (bicyclic) bond motifs is 1. The Morgan fingerprint density at radius 1 is 1.09 bits per heavy atom. The van der Waals surface area contributed by atoms with Crippen LogP contribution in [0.15, 0.2) is 46.2 Å². The molecule has 0 saturated carbocycles. The lowest BCUT2D eigenvalue weighted by atomic mass is 9.92. The summed E-state index contributed by atoms with van der Waals surface area (Å²) >= 11 is 0. The minimum atomic E-state index is -0.445. The lowest BCUT2D eigenvalue weighted by Gasteiger charge is -2.14. The van der Waals surface area contributed by atoms with Crippen molar-refractivity contribution < 1.29 is 9.18 Å². The Hall–Kier alpha value is -4.02. The van der Waals surface area contributed by atoms with Crippen LogP contribution in [-0.4, -0.2) is 34.4 Å². The highest BCUT2D eigenvalue weighted by Crippen LogP contribution is 2.26. The van der Waals surface area contributed by atoms with Crippen LogP contribution in [0.4, 0.5) is 10.2 Å². The van der Waals surface area contributed by atoms with Gasteiger partial charge >= 0.3 is 5.69 Å². The van der Waals surface area contributed by atoms with Gasteiger partial charge in [-0.2, -0.15) is 5.10 Å². The number of benzene rings is 1. The summed E-state index contributed by atoms with van der Waals surface area (Å²) in [5.74, 6) is -0.0913. The van der Waals surface area contributed by atoms with E-state index in [1.807, 2.05) is 26.8 Å². The molecule has 0 radical (unpaired) electrons. The van der Waals surface area contributed by atoms with Crippen LogP contribution in [0.2, 0.25) is 0 Å². The van der Waals surface area contributed by atoms with Gasteiger partial charge in [-0.25, -0.2) is 18.9 Å². The van der Waals surface area contributed by atoms with E-state index < -0.39 is 11.2 Å². The van der Waals surface area contributed by atoms with Gasteiger partial charge in [0, 0.05) is 38.5 Å². The number of carbonyl (C=O) groups excluding carboxylic acids is 1. The summed E-state index contributed by atoms with van der Waals surface area (Å²) in [4.78, 5) is 41.6. The second-order valence-corrected chi connectivity index (χ2v) is 9.52. The third-order valence-corrected chi connectivity index (χ3v) is 5.84. The van der Waals surface area contributed by atoms with E-state index in [0.717, 1.165) is 10.3 Å². The number of carbonyl (C=O) groups is 1. The van der Waals surface area contributed by atoms with Crippen LogP contribution >= 0.6 is 0 Å². The number of anilines is 1. The van der Waals surface area contributed by atoms with E-state index in [0.29, 0.717) is 35.6 Å². The number of imidazole rings is 1. The predicted octanol–water partition coefficient (Wildman–Crippen LogP) is 2.47. The summed E-state index contributed by atoms with van der Waals surface area (Å²) in [6.45, 7) is 6.43. The summed E-state index contributed by atoms with van der Waals surface area (Å²) in [6, 6.07) is 7.70. The van der Waals surface area contributed by atoms with Crippen molar-refractivity contribution in [2.24, 2.45) is 14.1 Å². The topological polar surface area (TPSA) is 109 Å². The number of nitrogens with one attached hydrogen (secondary N) is 1. The number of aromatic nitrogens is 6. The van der Waals surface area contributed by atoms with E-state index in [9.17, 15) is 18.8 Å². The van der Waals surface area contributed by atoms with E-state index in [1.165, 1.54) is 30.1 Å². The molecule has 0 saturated heterocycles. The number of rotatable bonds is 6. The molecule has 1 N–H and O–H groups in total. The predicted molar refractivity (Wildman–Crippen MR) is 130 cm³/mol. The molecule has 0 unspecified atom stereocenters. The quantitative estimate of drug-likeness (QED) is 0.455. The van der Waals surface area contributed by atoms with Gasteiger partial charge in [-0.1, -0.05) is 20.8 Å². The Morgan fingerprint density at radius 2 is 1.77 bits per heavy atom. The van der Waals surface area contributed by atoms with Crippen LogP contribution in [-0.2, 0) is 30.8 Å². The van der Waals surface area contributed by atoms with E-state index in [1.54, 1.807) is 28.4 Å². The highest BCUT2D eigenvalue weighted by atomic mass is 19.1. The molecular weight excluding hydrogens is 453 g/mol. The minimum Gasteiger partial charge on any atom is -0.325 e. The van der Waals surface area contributed by atoms with Crippen molar-refractivity contribution in [2.45, 2.75) is 45.6 Å². The zero-order chi connectivity index (χ0) is 25.5. The molecule has 0 fully saturated rings. The van der Waals surface area contributed by atoms with E-state index >= 15 is 0 Å². The van der Waals surface area contributed by atoms with Crippen molar-refractivity contribution in [3.05, 3.63) is 69.0 Å². The third kappa shape index (κ3) is 4.66. The Labute approximate surface area is 200 Å². The molecule has 184 valence electrons. The van der Waals surface area contributed by atoms with Gasteiger partial charge in [0.2, 0.25) is 5.91 Å². The second kappa shape index (κ2) is 8.97. The highest BCUT2D eigenvalue weighted by molar-refractivity contribution is 5.90. The van der Waals surface area contributed by atoms with Crippen molar-refractivity contribution in [2.75, 3.05) is 5.32 Å². The van der Waals surface area contributed by atoms with Crippen molar-refractivity contribution in [1.29, 1.82) is 0 Å². The Kier molecular flexibility index (Phi) is 6.18. The van der Waals surface area contributed by atoms with Gasteiger partial charge < -0.3 is 9.88 Å². The number of nitrogens with zero attached hydrogens (tertiary/aromatic N) is 6. The minimum absolute atomic E-state index is 0.186. The van der Waals surface area contributed by atoms with Crippen molar-refractivity contribution >= 4 is 22.9 Å². The number of amides is 1. The molecule has 0 aliphatic rings. The third-order valence-electron chi connectivity index (χ3n) is 5.84. The monoisotopic (exact) mass is 481 g/mol. The normalized spacial score (nSPS) is 11.8. The first-order chi connectivity index (χ1) is 16.5. The van der Waals surface area contributed by atoms with Crippen LogP contribution in [0.25, 0.3) is 16.9 Å². The molecule has 4 rings (SSSR count). The van der Waals surface area contributed by atoms with Gasteiger partial charge in [-0.3, -0.25) is 18.7 Å². The lowest BCUT2D eigenvalue weighted by molar-refractivity contribution is -0.116. The Balaban J connectivity index is 1.51. The van der Waals surface area contributed by atoms with Crippen LogP contribution in [0.1, 0.15) is 39.3 Å². The summed E-state index contributed by atoms with van der Waals surface area (Å²) in [5, 5.41) is 7.53. The zero-order valence-corrected chi connectivity index (χ0v) is 20.4. The number of hydrogen-bond donors (Lipinski definition) is 1. The molecular formula is C24H28FN7O3. The fourth-order valence-electron chi connectivity index (χ4n) is 3.80. The first-order valence-corrected chi connectivity index (χ1v) is 11.2. The van der Waals surface area contributed by atoms with Gasteiger partial charge in [0.1, 0.15) is 11.6 Å². The maximum Gasteiger partial charge on any atom is 0.332 e. The molecule has 1 amide bonds. The van der Waals surface area contributed by atoms with Crippen molar-refractivity contribution in [1.82, 2.24) is 28.5 Å². The number of halogens is 1. The SMILES string of the molecule is Cn1c(=O)c2c(ncn2CCCC(=O)Nc2cc(C(C)(C)C)nn2-c2ccc(F)cc2)n(C)c1=O. The van der Waals surface area contributed by atoms with Crippen molar-refractivity contribution in [3.8, 4) is 5.69 Å². The van der Waals surface area contributed by atoms with E-state index in [4.69, 9.17) is 0 Å². The number of aryl methyl sites for hydroxylation is 2. The standard InChI is InChI=1S/C24H28FN7O3/c1-24(2,3)17-13-18(32(28-17)16-10-8-15(25)9-11-16)27-19(33)7-6-12-31-14-26-21-20(31)22(34)30(5)23(35)29(21)4/h8-11,13-14H,6-7,12H2,1-5H3,(H,27,33). The first-order valence-electron chi connectivity index (χ1n) is 11.2. The highest BCUT2D eigenvalue weighted by Gasteiger charge is 2.22. The molecule has 0 atom stereocenters. The first kappa shape index (κ1) is 24.1. The molecule has 3 heterocycles. The molecule has 1 aromatic carbocycles. The zero-order valence-electron chi connectivity index (χ0n) is 20.4. The lowest BCUT2D eigenvalue weighted by Crippen LogP contribution is -2.37. The van der Waals surface area contributed by atoms with Gasteiger partial charge in [0.25, 0.3) is 5.56 Å². The maximum absolute atomic E-state index is 13.4. The van der Waals surface area contributed by atoms with Gasteiger partial charge in [-0.05, 0) is 30.7 Å². The summed E-state index contributed by atoms with van der Waals surface area (Å²) < 4.78 is 19.0. The van der Waals surface area contributed by atoms with Crippen molar-refractivity contribution in [3.63, 3.8) is 0 Å². The molecule has 4 aromatic rings. The summed E-state index contributed by atoms with van der Waals surface area (Å²) in [7, 11) is 2.98. The molecule has 10 nitrogen and oxygen atoms in total. The van der Waals surface area contributed by atoms with Crippen LogP contribution in [0.5, 0.6) is 0 Å². The molecule has 0 spiro atoms. The maximum atomic E-state index is 13.4. The van der Waals surface area contributed by atoms with Crippen LogP contribution < -0.4 is 16.6 Å². The van der Waals surface area contributed by atoms with Gasteiger partial charge in [0.05, 0.1) is 17.7 Å². The molecule has 35 heavy (non-hydrogen) atoms. The molecule has 3 aromatic heterocycles. The molecule has 11 heteroatoms. The fourth-order valence-corrected chi connectivity index (χ4v) is 3.80. The molecule has 0 aliphatic carbocycles. The van der Waals surface area contributed by atoms with E-state index in [2.05, 4.69) is 15.4 Å². The van der Waals surface area contributed by atoms with Crippen LogP contribution in [0, 0.1) is 5.82 Å². The van der Waals surface area contributed by atoms with Crippen LogP contribution in [0.3, 0.4) is 0 Å². The summed E-state index contributed by atoms with van der Waals surface area (Å²) in [6.07, 6.45) is 2.13. The number of hydrogen-bond acceptors (Lipinski definition) is 5. The largest absolute Gasteiger partial charge is 0.332 e. The second-order valence-electron chi connectivity index (χ2n) is 9.52. The van der Waals surface area contributed by atoms with Gasteiger partial charge in [-0.15, -0.1) is 0 Å². The van der Waals surface area contributed by atoms with E-state index in [-0.39, 0.29) is 23.6 Å². The smallest absolute Gasteiger partial charge is 0.325 e. The van der Waals surface area contributed by atoms with Gasteiger partial charge in [0.15, 0.2) is 11.2 Å². The summed E-state index contributed by atoms with van der Waals surface area (Å²) in [5.41, 5.74) is 0.911. The molecule has 0 aliphatic heterocycles. The average molecular weight is 482 g/mol. The molecule has 0 bridgehead atoms. The average Bonchev–Trinajstić information content (AvgIpc) is 3.41. The Morgan fingerprint density at radius 3 is 2.43 bits per heavy atom. The Bertz CT molecular complexity index is 1520.